The highest BCUT2D eigenvalue weighted by Gasteiger charge is 2.16. The zero-order chi connectivity index (χ0) is 14.7. The fourth-order valence-electron chi connectivity index (χ4n) is 3.07. The summed E-state index contributed by atoms with van der Waals surface area (Å²) < 4.78 is 8.14. The molecule has 3 nitrogen and oxygen atoms in total. The van der Waals surface area contributed by atoms with E-state index in [0.29, 0.717) is 18.6 Å². The minimum absolute atomic E-state index is 0.437. The second kappa shape index (κ2) is 6.99. The number of aromatic nitrogens is 2. The van der Waals surface area contributed by atoms with E-state index in [1.165, 1.54) is 25.7 Å². The molecular weight excluding hydrogens is 307 g/mol. The third-order valence-corrected chi connectivity index (χ3v) is 4.58. The van der Waals surface area contributed by atoms with E-state index in [2.05, 4.69) is 9.55 Å². The Morgan fingerprint density at radius 3 is 2.86 bits per heavy atom. The van der Waals surface area contributed by atoms with E-state index in [-0.39, 0.29) is 0 Å². The van der Waals surface area contributed by atoms with Gasteiger partial charge in [-0.2, -0.15) is 0 Å². The summed E-state index contributed by atoms with van der Waals surface area (Å²) in [6.45, 7) is 1.49. The summed E-state index contributed by atoms with van der Waals surface area (Å²) in [6.07, 6.45) is 6.16. The molecule has 1 heterocycles. The van der Waals surface area contributed by atoms with Crippen molar-refractivity contribution in [3.05, 3.63) is 29.0 Å². The normalized spacial score (nSPS) is 16.1. The highest BCUT2D eigenvalue weighted by atomic mass is 35.5. The average molecular weight is 327 g/mol. The Balaban J connectivity index is 1.79. The molecule has 1 aromatic heterocycles. The number of alkyl halides is 1. The fourth-order valence-corrected chi connectivity index (χ4v) is 3.51. The van der Waals surface area contributed by atoms with Crippen molar-refractivity contribution in [2.45, 2.75) is 44.8 Å². The second-order valence-corrected chi connectivity index (χ2v) is 6.29. The Labute approximate surface area is 135 Å². The van der Waals surface area contributed by atoms with Crippen molar-refractivity contribution in [1.29, 1.82) is 0 Å². The smallest absolute Gasteiger partial charge is 0.111 e. The average Bonchev–Trinajstić information content (AvgIpc) is 3.09. The number of aryl methyl sites for hydroxylation is 1. The first-order valence-corrected chi connectivity index (χ1v) is 8.52. The Kier molecular flexibility index (Phi) is 5.04. The number of fused-ring (bicyclic) bond motifs is 1. The number of imidazole rings is 1. The molecule has 2 aromatic rings. The maximum Gasteiger partial charge on any atom is 0.111 e. The maximum absolute atomic E-state index is 6.35. The minimum Gasteiger partial charge on any atom is -0.376 e. The van der Waals surface area contributed by atoms with Crippen molar-refractivity contribution in [2.24, 2.45) is 0 Å². The summed E-state index contributed by atoms with van der Waals surface area (Å²) in [4.78, 5) is 4.65. The highest BCUT2D eigenvalue weighted by Crippen LogP contribution is 2.25. The summed E-state index contributed by atoms with van der Waals surface area (Å²) in [6, 6.07) is 5.83. The van der Waals surface area contributed by atoms with Crippen molar-refractivity contribution in [3.63, 3.8) is 0 Å². The van der Waals surface area contributed by atoms with E-state index >= 15 is 0 Å². The quantitative estimate of drug-likeness (QED) is 0.734. The number of hydrogen-bond donors (Lipinski definition) is 0. The Morgan fingerprint density at radius 2 is 2.10 bits per heavy atom. The van der Waals surface area contributed by atoms with Crippen LogP contribution in [0.2, 0.25) is 5.02 Å². The number of ether oxygens (including phenoxy) is 1. The van der Waals surface area contributed by atoms with Gasteiger partial charge in [0.15, 0.2) is 0 Å². The van der Waals surface area contributed by atoms with Crippen molar-refractivity contribution in [1.82, 2.24) is 9.55 Å². The molecule has 114 valence electrons. The summed E-state index contributed by atoms with van der Waals surface area (Å²) >= 11 is 12.2. The SMILES string of the molecule is ClCCc1nc2cccc(Cl)c2n1CCOC1CCCC1. The molecule has 3 rings (SSSR count). The van der Waals surface area contributed by atoms with Gasteiger partial charge < -0.3 is 9.30 Å². The summed E-state index contributed by atoms with van der Waals surface area (Å²) in [5.41, 5.74) is 1.93. The van der Waals surface area contributed by atoms with Gasteiger partial charge in [-0.3, -0.25) is 0 Å². The largest absolute Gasteiger partial charge is 0.376 e. The molecule has 0 amide bonds. The second-order valence-electron chi connectivity index (χ2n) is 5.50. The van der Waals surface area contributed by atoms with E-state index in [1.807, 2.05) is 18.2 Å². The monoisotopic (exact) mass is 326 g/mol. The molecule has 0 spiro atoms. The molecule has 0 atom stereocenters. The lowest BCUT2D eigenvalue weighted by molar-refractivity contribution is 0.0531. The van der Waals surface area contributed by atoms with Crippen LogP contribution in [-0.4, -0.2) is 28.1 Å². The van der Waals surface area contributed by atoms with Crippen LogP contribution < -0.4 is 0 Å². The van der Waals surface area contributed by atoms with Gasteiger partial charge >= 0.3 is 0 Å². The lowest BCUT2D eigenvalue weighted by Crippen LogP contribution is -2.15. The number of benzene rings is 1. The first-order valence-electron chi connectivity index (χ1n) is 7.61. The van der Waals surface area contributed by atoms with Crippen molar-refractivity contribution in [3.8, 4) is 0 Å². The molecule has 0 radical (unpaired) electrons. The fraction of sp³-hybridized carbons (Fsp3) is 0.562. The van der Waals surface area contributed by atoms with Crippen molar-refractivity contribution < 1.29 is 4.74 Å². The molecule has 0 N–H and O–H groups in total. The topological polar surface area (TPSA) is 27.1 Å². The van der Waals surface area contributed by atoms with E-state index in [0.717, 1.165) is 34.8 Å². The molecule has 1 aliphatic carbocycles. The third-order valence-electron chi connectivity index (χ3n) is 4.09. The minimum atomic E-state index is 0.437. The van der Waals surface area contributed by atoms with Gasteiger partial charge in [-0.25, -0.2) is 4.98 Å². The number of hydrogen-bond acceptors (Lipinski definition) is 2. The number of halogens is 2. The Hall–Kier alpha value is -0.770. The number of para-hydroxylation sites is 1. The number of rotatable bonds is 6. The zero-order valence-electron chi connectivity index (χ0n) is 12.0. The lowest BCUT2D eigenvalue weighted by Gasteiger charge is -2.13. The van der Waals surface area contributed by atoms with Gasteiger partial charge in [0, 0.05) is 18.8 Å². The molecule has 1 aliphatic rings. The first kappa shape index (κ1) is 15.1. The zero-order valence-corrected chi connectivity index (χ0v) is 13.5. The molecule has 1 aromatic carbocycles. The standard InChI is InChI=1S/C16H20Cl2N2O/c17-9-8-15-19-14-7-3-6-13(18)16(14)20(15)10-11-21-12-4-1-2-5-12/h3,6-7,12H,1-2,4-5,8-11H2. The van der Waals surface area contributed by atoms with Gasteiger partial charge in [0.05, 0.1) is 28.8 Å². The summed E-state index contributed by atoms with van der Waals surface area (Å²) in [5, 5.41) is 0.738. The van der Waals surface area contributed by atoms with Gasteiger partial charge in [0.2, 0.25) is 0 Å². The number of nitrogens with zero attached hydrogens (tertiary/aromatic N) is 2. The molecule has 1 fully saturated rings. The lowest BCUT2D eigenvalue weighted by atomic mass is 10.3. The third kappa shape index (κ3) is 3.36. The molecule has 0 bridgehead atoms. The molecule has 0 aliphatic heterocycles. The first-order chi connectivity index (χ1) is 10.3. The van der Waals surface area contributed by atoms with Crippen molar-refractivity contribution in [2.75, 3.05) is 12.5 Å². The van der Waals surface area contributed by atoms with Crippen LogP contribution in [0.3, 0.4) is 0 Å². The van der Waals surface area contributed by atoms with Gasteiger partial charge in [0.25, 0.3) is 0 Å². The van der Waals surface area contributed by atoms with Crippen LogP contribution in [0.25, 0.3) is 11.0 Å². The van der Waals surface area contributed by atoms with Crippen LogP contribution >= 0.6 is 23.2 Å². The van der Waals surface area contributed by atoms with Crippen LogP contribution in [0.5, 0.6) is 0 Å². The maximum atomic E-state index is 6.35. The van der Waals surface area contributed by atoms with Gasteiger partial charge in [0.1, 0.15) is 5.82 Å². The van der Waals surface area contributed by atoms with Crippen LogP contribution in [-0.2, 0) is 17.7 Å². The highest BCUT2D eigenvalue weighted by molar-refractivity contribution is 6.35. The van der Waals surface area contributed by atoms with Gasteiger partial charge in [-0.05, 0) is 25.0 Å². The Morgan fingerprint density at radius 1 is 1.29 bits per heavy atom. The van der Waals surface area contributed by atoms with E-state index in [9.17, 15) is 0 Å². The molecule has 1 saturated carbocycles. The van der Waals surface area contributed by atoms with E-state index in [4.69, 9.17) is 27.9 Å². The van der Waals surface area contributed by atoms with Gasteiger partial charge in [-0.1, -0.05) is 30.5 Å². The summed E-state index contributed by atoms with van der Waals surface area (Å²) in [5.74, 6) is 1.55. The molecule has 0 unspecified atom stereocenters. The predicted octanol–water partition coefficient (Wildman–Crippen LogP) is 4.43. The van der Waals surface area contributed by atoms with Crippen LogP contribution in [0.4, 0.5) is 0 Å². The van der Waals surface area contributed by atoms with E-state index in [1.54, 1.807) is 0 Å². The van der Waals surface area contributed by atoms with Crippen LogP contribution in [0, 0.1) is 0 Å². The summed E-state index contributed by atoms with van der Waals surface area (Å²) in [7, 11) is 0. The Bertz CT molecular complexity index is 606. The predicted molar refractivity (Wildman–Crippen MR) is 87.4 cm³/mol. The van der Waals surface area contributed by atoms with Crippen LogP contribution in [0.15, 0.2) is 18.2 Å². The molecule has 5 heteroatoms. The molecular formula is C16H20Cl2N2O. The molecule has 0 saturated heterocycles. The molecule has 21 heavy (non-hydrogen) atoms. The van der Waals surface area contributed by atoms with Gasteiger partial charge in [-0.15, -0.1) is 11.6 Å². The van der Waals surface area contributed by atoms with Crippen LogP contribution in [0.1, 0.15) is 31.5 Å². The van der Waals surface area contributed by atoms with Crippen molar-refractivity contribution >= 4 is 34.2 Å². The van der Waals surface area contributed by atoms with E-state index < -0.39 is 0 Å².